The van der Waals surface area contributed by atoms with Crippen molar-refractivity contribution in [3.05, 3.63) is 42.9 Å². The van der Waals surface area contributed by atoms with E-state index in [0.29, 0.717) is 19.1 Å². The summed E-state index contributed by atoms with van der Waals surface area (Å²) in [5, 5.41) is 9.04. The second-order valence-corrected chi connectivity index (χ2v) is 9.85. The van der Waals surface area contributed by atoms with Gasteiger partial charge < -0.3 is 25.2 Å². The Morgan fingerprint density at radius 2 is 1.92 bits per heavy atom. The van der Waals surface area contributed by atoms with Crippen LogP contribution in [0.15, 0.2) is 42.9 Å². The summed E-state index contributed by atoms with van der Waals surface area (Å²) in [5.41, 5.74) is 1.92. The van der Waals surface area contributed by atoms with Gasteiger partial charge in [0.25, 0.3) is 0 Å². The monoisotopic (exact) mass is 487 g/mol. The van der Waals surface area contributed by atoms with Crippen LogP contribution in [0.3, 0.4) is 0 Å². The van der Waals surface area contributed by atoms with Crippen LogP contribution in [-0.2, 0) is 9.53 Å². The number of pyridine rings is 3. The Kier molecular flexibility index (Phi) is 6.65. The Bertz CT molecular complexity index is 1220. The van der Waals surface area contributed by atoms with Gasteiger partial charge in [-0.05, 0) is 56.5 Å². The van der Waals surface area contributed by atoms with E-state index in [1.165, 1.54) is 0 Å². The molecular weight excluding hydrogens is 454 g/mol. The quantitative estimate of drug-likeness (QED) is 0.567. The van der Waals surface area contributed by atoms with Gasteiger partial charge in [0.15, 0.2) is 0 Å². The Balaban J connectivity index is 1.24. The minimum atomic E-state index is -0.0134. The molecule has 6 rings (SSSR count). The van der Waals surface area contributed by atoms with E-state index in [-0.39, 0.29) is 11.9 Å². The number of hydrogen-bond donors (Lipinski definition) is 2. The number of piperazine rings is 1. The third-order valence-electron chi connectivity index (χ3n) is 7.49. The summed E-state index contributed by atoms with van der Waals surface area (Å²) in [4.78, 5) is 31.2. The lowest BCUT2D eigenvalue weighted by Crippen LogP contribution is -2.53. The van der Waals surface area contributed by atoms with E-state index in [1.54, 1.807) is 0 Å². The van der Waals surface area contributed by atoms with Crippen molar-refractivity contribution < 1.29 is 9.53 Å². The lowest BCUT2D eigenvalue weighted by molar-refractivity contribution is -0.133. The zero-order valence-electron chi connectivity index (χ0n) is 20.5. The van der Waals surface area contributed by atoms with Crippen molar-refractivity contribution in [2.75, 3.05) is 56.2 Å². The molecule has 3 fully saturated rings. The molecule has 3 aromatic heterocycles. The van der Waals surface area contributed by atoms with Gasteiger partial charge in [-0.15, -0.1) is 0 Å². The Morgan fingerprint density at radius 3 is 2.72 bits per heavy atom. The number of amides is 1. The molecule has 0 aromatic carbocycles. The second kappa shape index (κ2) is 10.4. The van der Waals surface area contributed by atoms with Gasteiger partial charge in [-0.2, -0.15) is 0 Å². The van der Waals surface area contributed by atoms with E-state index in [0.717, 1.165) is 92.2 Å². The molecule has 0 spiro atoms. The van der Waals surface area contributed by atoms with E-state index in [1.807, 2.05) is 35.6 Å². The Labute approximate surface area is 211 Å². The highest BCUT2D eigenvalue weighted by molar-refractivity contribution is 5.94. The first-order valence-corrected chi connectivity index (χ1v) is 13.1. The van der Waals surface area contributed by atoms with Gasteiger partial charge in [0.1, 0.15) is 11.6 Å². The zero-order valence-corrected chi connectivity index (χ0v) is 20.5. The molecule has 1 amide bonds. The fourth-order valence-electron chi connectivity index (χ4n) is 5.44. The van der Waals surface area contributed by atoms with Crippen molar-refractivity contribution in [2.24, 2.45) is 0 Å². The molecule has 3 aromatic rings. The minimum Gasteiger partial charge on any atom is -0.381 e. The lowest BCUT2D eigenvalue weighted by atomic mass is 10.1. The van der Waals surface area contributed by atoms with E-state index >= 15 is 0 Å². The standard InChI is InChI=1S/C27H33N7O2/c35-27(23-2-1-7-29-23)34-12-10-33(11-13-34)26-22-4-8-28-18-20(22)16-24(32-26)19-3-9-30-25(17-19)31-21-5-14-36-15-6-21/h3-4,8-9,16-18,21,23,29H,1-2,5-7,10-15H2,(H,30,31). The third kappa shape index (κ3) is 4.85. The molecule has 3 aliphatic heterocycles. The van der Waals surface area contributed by atoms with Crippen molar-refractivity contribution in [1.29, 1.82) is 0 Å². The number of anilines is 2. The average Bonchev–Trinajstić information content (AvgIpc) is 3.48. The first-order chi connectivity index (χ1) is 17.7. The summed E-state index contributed by atoms with van der Waals surface area (Å²) in [6, 6.07) is 8.59. The highest BCUT2D eigenvalue weighted by Crippen LogP contribution is 2.31. The predicted molar refractivity (Wildman–Crippen MR) is 140 cm³/mol. The van der Waals surface area contributed by atoms with Crippen LogP contribution in [0, 0.1) is 0 Å². The summed E-state index contributed by atoms with van der Waals surface area (Å²) >= 11 is 0. The van der Waals surface area contributed by atoms with E-state index in [9.17, 15) is 4.79 Å². The van der Waals surface area contributed by atoms with Crippen LogP contribution in [0.2, 0.25) is 0 Å². The molecule has 1 atom stereocenters. The van der Waals surface area contributed by atoms with Crippen LogP contribution in [0.5, 0.6) is 0 Å². The number of hydrogen-bond acceptors (Lipinski definition) is 8. The largest absolute Gasteiger partial charge is 0.381 e. The molecule has 9 heteroatoms. The van der Waals surface area contributed by atoms with E-state index in [4.69, 9.17) is 9.72 Å². The SMILES string of the molecule is O=C(C1CCCN1)N1CCN(c2nc(-c3ccnc(NC4CCOCC4)c3)cc3cnccc23)CC1. The summed E-state index contributed by atoms with van der Waals surface area (Å²) in [6.45, 7) is 5.46. The first kappa shape index (κ1) is 23.1. The smallest absolute Gasteiger partial charge is 0.239 e. The first-order valence-electron chi connectivity index (χ1n) is 13.1. The molecule has 6 heterocycles. The highest BCUT2D eigenvalue weighted by Gasteiger charge is 2.30. The van der Waals surface area contributed by atoms with E-state index in [2.05, 4.69) is 37.6 Å². The molecule has 36 heavy (non-hydrogen) atoms. The molecule has 3 saturated heterocycles. The molecule has 2 N–H and O–H groups in total. The van der Waals surface area contributed by atoms with Gasteiger partial charge in [0.05, 0.1) is 11.7 Å². The number of nitrogens with one attached hydrogen (secondary N) is 2. The Morgan fingerprint density at radius 1 is 1.06 bits per heavy atom. The summed E-state index contributed by atoms with van der Waals surface area (Å²) < 4.78 is 5.48. The second-order valence-electron chi connectivity index (χ2n) is 9.85. The number of ether oxygens (including phenoxy) is 1. The van der Waals surface area contributed by atoms with Crippen LogP contribution in [0.4, 0.5) is 11.6 Å². The molecule has 0 aliphatic carbocycles. The highest BCUT2D eigenvalue weighted by atomic mass is 16.5. The van der Waals surface area contributed by atoms with Crippen molar-refractivity contribution in [1.82, 2.24) is 25.2 Å². The molecule has 0 bridgehead atoms. The van der Waals surface area contributed by atoms with Crippen molar-refractivity contribution in [3.8, 4) is 11.3 Å². The molecular formula is C27H33N7O2. The van der Waals surface area contributed by atoms with Crippen molar-refractivity contribution >= 4 is 28.3 Å². The van der Waals surface area contributed by atoms with Gasteiger partial charge >= 0.3 is 0 Å². The predicted octanol–water partition coefficient (Wildman–Crippen LogP) is 2.68. The van der Waals surface area contributed by atoms with Crippen LogP contribution in [0.1, 0.15) is 25.7 Å². The third-order valence-corrected chi connectivity index (χ3v) is 7.49. The molecule has 0 saturated carbocycles. The number of aromatic nitrogens is 3. The van der Waals surface area contributed by atoms with Gasteiger partial charge in [0, 0.05) is 80.4 Å². The number of fused-ring (bicyclic) bond motifs is 1. The number of nitrogens with zero attached hydrogens (tertiary/aromatic N) is 5. The van der Waals surface area contributed by atoms with Crippen molar-refractivity contribution in [3.63, 3.8) is 0 Å². The van der Waals surface area contributed by atoms with E-state index < -0.39 is 0 Å². The Hall–Kier alpha value is -3.30. The van der Waals surface area contributed by atoms with Crippen LogP contribution in [-0.4, -0.2) is 83.8 Å². The topological polar surface area (TPSA) is 95.5 Å². The molecule has 3 aliphatic rings. The minimum absolute atomic E-state index is 0.0134. The lowest BCUT2D eigenvalue weighted by Gasteiger charge is -2.37. The number of carbonyl (C=O) groups excluding carboxylic acids is 1. The molecule has 1 unspecified atom stereocenters. The number of rotatable bonds is 5. The summed E-state index contributed by atoms with van der Waals surface area (Å²) in [7, 11) is 0. The van der Waals surface area contributed by atoms with Crippen molar-refractivity contribution in [2.45, 2.75) is 37.8 Å². The van der Waals surface area contributed by atoms with Crippen LogP contribution < -0.4 is 15.5 Å². The van der Waals surface area contributed by atoms with Crippen LogP contribution in [0.25, 0.3) is 22.0 Å². The normalized spacial score (nSPS) is 21.2. The fourth-order valence-corrected chi connectivity index (χ4v) is 5.44. The maximum atomic E-state index is 12.9. The maximum absolute atomic E-state index is 12.9. The average molecular weight is 488 g/mol. The zero-order chi connectivity index (χ0) is 24.3. The van der Waals surface area contributed by atoms with Gasteiger partial charge in [-0.25, -0.2) is 9.97 Å². The van der Waals surface area contributed by atoms with Gasteiger partial charge in [0.2, 0.25) is 5.91 Å². The maximum Gasteiger partial charge on any atom is 0.239 e. The summed E-state index contributed by atoms with van der Waals surface area (Å²) in [5.74, 6) is 2.05. The molecule has 188 valence electrons. The fraction of sp³-hybridized carbons (Fsp3) is 0.481. The van der Waals surface area contributed by atoms with Crippen LogP contribution >= 0.6 is 0 Å². The van der Waals surface area contributed by atoms with Gasteiger partial charge in [-0.1, -0.05) is 0 Å². The molecule has 0 radical (unpaired) electrons. The van der Waals surface area contributed by atoms with Gasteiger partial charge in [-0.3, -0.25) is 9.78 Å². The molecule has 9 nitrogen and oxygen atoms in total. The number of carbonyl (C=O) groups is 1. The summed E-state index contributed by atoms with van der Waals surface area (Å²) in [6.07, 6.45) is 9.56.